The Hall–Kier alpha value is -1.35. The van der Waals surface area contributed by atoms with Crippen molar-refractivity contribution in [2.75, 3.05) is 0 Å². The lowest BCUT2D eigenvalue weighted by Crippen LogP contribution is -2.11. The third-order valence-corrected chi connectivity index (χ3v) is 1.86. The molecule has 0 spiro atoms. The Labute approximate surface area is 84.0 Å². The Morgan fingerprint density at radius 3 is 2.43 bits per heavy atom. The first-order chi connectivity index (χ1) is 6.86. The zero-order valence-electron chi connectivity index (χ0n) is 8.49. The van der Waals surface area contributed by atoms with Crippen LogP contribution in [0, 0.1) is 0 Å². The molecule has 1 aromatic rings. The average molecular weight is 193 g/mol. The summed E-state index contributed by atoms with van der Waals surface area (Å²) in [4.78, 5) is 15.8. The molecule has 3 heteroatoms. The van der Waals surface area contributed by atoms with Crippen molar-refractivity contribution in [2.24, 2.45) is 0 Å². The van der Waals surface area contributed by atoms with Gasteiger partial charge in [0.15, 0.2) is 0 Å². The summed E-state index contributed by atoms with van der Waals surface area (Å²) >= 11 is 0. The van der Waals surface area contributed by atoms with Crippen LogP contribution in [-0.2, 0) is 9.63 Å². The second-order valence-corrected chi connectivity index (χ2v) is 2.75. The van der Waals surface area contributed by atoms with Gasteiger partial charge >= 0.3 is 0 Å². The predicted molar refractivity (Wildman–Crippen MR) is 54.4 cm³/mol. The van der Waals surface area contributed by atoms with E-state index < -0.39 is 0 Å². The third-order valence-electron chi connectivity index (χ3n) is 1.86. The summed E-state index contributed by atoms with van der Waals surface area (Å²) in [6, 6.07) is 9.70. The van der Waals surface area contributed by atoms with E-state index in [9.17, 15) is 4.79 Å². The molecule has 76 valence electrons. The summed E-state index contributed by atoms with van der Waals surface area (Å²) in [6.45, 7) is 4.00. The lowest BCUT2D eigenvalue weighted by molar-refractivity contribution is -0.124. The smallest absolute Gasteiger partial charge is 0.246 e. The molecule has 0 aliphatic carbocycles. The number of carbonyl (C=O) groups is 1. The first-order valence-corrected chi connectivity index (χ1v) is 4.86. The number of hydrogen-bond acceptors (Lipinski definition) is 2. The maximum Gasteiger partial charge on any atom is 0.246 e. The van der Waals surface area contributed by atoms with Gasteiger partial charge in [-0.2, -0.15) is 0 Å². The van der Waals surface area contributed by atoms with Crippen molar-refractivity contribution in [1.82, 2.24) is 5.48 Å². The topological polar surface area (TPSA) is 38.3 Å². The Kier molecular flexibility index (Phi) is 4.13. The van der Waals surface area contributed by atoms with Crippen LogP contribution in [0.25, 0.3) is 0 Å². The van der Waals surface area contributed by atoms with Crippen LogP contribution in [0.5, 0.6) is 0 Å². The summed E-state index contributed by atoms with van der Waals surface area (Å²) in [5.41, 5.74) is 3.37. The van der Waals surface area contributed by atoms with Crippen molar-refractivity contribution in [3.8, 4) is 0 Å². The van der Waals surface area contributed by atoms with Gasteiger partial charge in [0.2, 0.25) is 5.91 Å². The van der Waals surface area contributed by atoms with Gasteiger partial charge in [0.1, 0.15) is 6.10 Å². The highest BCUT2D eigenvalue weighted by Gasteiger charge is 2.23. The first kappa shape index (κ1) is 10.7. The van der Waals surface area contributed by atoms with Gasteiger partial charge in [-0.1, -0.05) is 44.2 Å². The van der Waals surface area contributed by atoms with Gasteiger partial charge in [-0.05, 0) is 5.56 Å². The molecule has 1 aliphatic heterocycles. The van der Waals surface area contributed by atoms with Gasteiger partial charge in [0.25, 0.3) is 0 Å². The van der Waals surface area contributed by atoms with E-state index in [4.69, 9.17) is 4.84 Å². The lowest BCUT2D eigenvalue weighted by atomic mass is 10.1. The van der Waals surface area contributed by atoms with Crippen molar-refractivity contribution in [3.63, 3.8) is 0 Å². The van der Waals surface area contributed by atoms with E-state index in [1.807, 2.05) is 44.2 Å². The second kappa shape index (κ2) is 5.40. The van der Waals surface area contributed by atoms with Crippen LogP contribution >= 0.6 is 0 Å². The van der Waals surface area contributed by atoms with E-state index in [1.165, 1.54) is 0 Å². The van der Waals surface area contributed by atoms with Gasteiger partial charge in [-0.25, -0.2) is 5.48 Å². The van der Waals surface area contributed by atoms with E-state index >= 15 is 0 Å². The number of nitrogens with one attached hydrogen (secondary N) is 1. The molecule has 1 unspecified atom stereocenters. The van der Waals surface area contributed by atoms with Crippen molar-refractivity contribution < 1.29 is 9.63 Å². The molecule has 14 heavy (non-hydrogen) atoms. The minimum absolute atomic E-state index is 0.0520. The molecule has 1 atom stereocenters. The zero-order valence-corrected chi connectivity index (χ0v) is 8.49. The quantitative estimate of drug-likeness (QED) is 0.742. The van der Waals surface area contributed by atoms with Gasteiger partial charge in [0.05, 0.1) is 6.42 Å². The molecular weight excluding hydrogens is 178 g/mol. The summed E-state index contributed by atoms with van der Waals surface area (Å²) in [7, 11) is 0. The molecule has 3 nitrogen and oxygen atoms in total. The Bertz CT molecular complexity index is 285. The summed E-state index contributed by atoms with van der Waals surface area (Å²) in [5.74, 6) is -0.0520. The van der Waals surface area contributed by atoms with Crippen molar-refractivity contribution >= 4 is 5.91 Å². The highest BCUT2D eigenvalue weighted by atomic mass is 16.7. The summed E-state index contributed by atoms with van der Waals surface area (Å²) in [5, 5.41) is 0. The summed E-state index contributed by atoms with van der Waals surface area (Å²) in [6.07, 6.45) is 0.308. The maximum atomic E-state index is 10.8. The van der Waals surface area contributed by atoms with Gasteiger partial charge in [0, 0.05) is 0 Å². The minimum Gasteiger partial charge on any atom is -0.273 e. The number of hydroxylamine groups is 1. The van der Waals surface area contributed by atoms with Crippen molar-refractivity contribution in [3.05, 3.63) is 35.9 Å². The molecule has 1 heterocycles. The molecule has 1 fully saturated rings. The standard InChI is InChI=1S/C9H9NO2.C2H6/c11-9-6-8(12-10-9)7-4-2-1-3-5-7;1-2/h1-5,8H,6H2,(H,10,11);1-2H3. The largest absolute Gasteiger partial charge is 0.273 e. The molecule has 1 saturated heterocycles. The van der Waals surface area contributed by atoms with Crippen LogP contribution in [-0.4, -0.2) is 5.91 Å². The number of benzene rings is 1. The van der Waals surface area contributed by atoms with E-state index in [2.05, 4.69) is 5.48 Å². The highest BCUT2D eigenvalue weighted by molar-refractivity contribution is 5.77. The number of amides is 1. The van der Waals surface area contributed by atoms with Crippen LogP contribution in [0.1, 0.15) is 31.9 Å². The monoisotopic (exact) mass is 193 g/mol. The average Bonchev–Trinajstić information content (AvgIpc) is 2.69. The fourth-order valence-corrected chi connectivity index (χ4v) is 1.24. The van der Waals surface area contributed by atoms with Crippen molar-refractivity contribution in [2.45, 2.75) is 26.4 Å². The highest BCUT2D eigenvalue weighted by Crippen LogP contribution is 2.23. The van der Waals surface area contributed by atoms with E-state index in [1.54, 1.807) is 0 Å². The van der Waals surface area contributed by atoms with Crippen molar-refractivity contribution in [1.29, 1.82) is 0 Å². The lowest BCUT2D eigenvalue weighted by Gasteiger charge is -2.05. The molecule has 0 saturated carbocycles. The van der Waals surface area contributed by atoms with E-state index in [0.717, 1.165) is 5.56 Å². The molecule has 0 radical (unpaired) electrons. The first-order valence-electron chi connectivity index (χ1n) is 4.86. The number of hydrogen-bond donors (Lipinski definition) is 1. The van der Waals surface area contributed by atoms with E-state index in [0.29, 0.717) is 6.42 Å². The maximum absolute atomic E-state index is 10.8. The van der Waals surface area contributed by atoms with Gasteiger partial charge in [-0.15, -0.1) is 0 Å². The molecule has 1 amide bonds. The molecule has 1 aliphatic rings. The normalized spacial score (nSPS) is 19.6. The number of rotatable bonds is 1. The Morgan fingerprint density at radius 1 is 1.29 bits per heavy atom. The molecular formula is C11H15NO2. The Morgan fingerprint density at radius 2 is 1.93 bits per heavy atom. The zero-order chi connectivity index (χ0) is 10.4. The number of carbonyl (C=O) groups excluding carboxylic acids is 1. The van der Waals surface area contributed by atoms with Gasteiger partial charge < -0.3 is 0 Å². The van der Waals surface area contributed by atoms with Crippen LogP contribution < -0.4 is 5.48 Å². The van der Waals surface area contributed by atoms with Crippen LogP contribution in [0.2, 0.25) is 0 Å². The molecule has 0 aromatic heterocycles. The van der Waals surface area contributed by atoms with Crippen LogP contribution in [0.3, 0.4) is 0 Å². The fraction of sp³-hybridized carbons (Fsp3) is 0.364. The van der Waals surface area contributed by atoms with Crippen LogP contribution in [0.4, 0.5) is 0 Å². The molecule has 1 aromatic carbocycles. The Balaban J connectivity index is 0.000000461. The molecule has 2 rings (SSSR count). The van der Waals surface area contributed by atoms with E-state index in [-0.39, 0.29) is 12.0 Å². The molecule has 1 N–H and O–H groups in total. The summed E-state index contributed by atoms with van der Waals surface area (Å²) < 4.78 is 0. The second-order valence-electron chi connectivity index (χ2n) is 2.75. The molecule has 0 bridgehead atoms. The van der Waals surface area contributed by atoms with Gasteiger partial charge in [-0.3, -0.25) is 9.63 Å². The SMILES string of the molecule is CC.O=C1CC(c2ccccc2)ON1. The third kappa shape index (κ3) is 2.57. The minimum atomic E-state index is -0.112. The predicted octanol–water partition coefficient (Wildman–Crippen LogP) is 2.21. The van der Waals surface area contributed by atoms with Crippen LogP contribution in [0.15, 0.2) is 30.3 Å². The fourth-order valence-electron chi connectivity index (χ4n) is 1.24.